The van der Waals surface area contributed by atoms with E-state index in [2.05, 4.69) is 6.92 Å². The van der Waals surface area contributed by atoms with Crippen LogP contribution in [0.1, 0.15) is 110 Å². The van der Waals surface area contributed by atoms with E-state index in [9.17, 15) is 13.2 Å². The number of hydrogen-bond donors (Lipinski definition) is 0. The third-order valence-corrected chi connectivity index (χ3v) is 8.44. The highest BCUT2D eigenvalue weighted by atomic mass is 19.4. The number of alkyl halides is 3. The van der Waals surface area contributed by atoms with Gasteiger partial charge >= 0.3 is 6.18 Å². The average molecular weight is 387 g/mol. The third-order valence-electron chi connectivity index (χ3n) is 8.44. The highest BCUT2D eigenvalue weighted by molar-refractivity contribution is 4.83. The van der Waals surface area contributed by atoms with Gasteiger partial charge < -0.3 is 0 Å². The van der Waals surface area contributed by atoms with Gasteiger partial charge in [-0.05, 0) is 81.0 Å². The lowest BCUT2D eigenvalue weighted by atomic mass is 9.68. The van der Waals surface area contributed by atoms with E-state index in [0.717, 1.165) is 36.5 Å². The Labute approximate surface area is 165 Å². The first kappa shape index (κ1) is 21.5. The Kier molecular flexibility index (Phi) is 7.97. The molecule has 3 aliphatic carbocycles. The summed E-state index contributed by atoms with van der Waals surface area (Å²) in [5.41, 5.74) is 0. The molecule has 158 valence electrons. The zero-order chi connectivity index (χ0) is 19.3. The number of rotatable bonds is 6. The van der Waals surface area contributed by atoms with E-state index in [1.807, 2.05) is 0 Å². The minimum absolute atomic E-state index is 0.377. The molecule has 0 heterocycles. The van der Waals surface area contributed by atoms with Crippen molar-refractivity contribution in [1.82, 2.24) is 0 Å². The quantitative estimate of drug-likeness (QED) is 0.429. The van der Waals surface area contributed by atoms with Crippen LogP contribution in [0.15, 0.2) is 0 Å². The first-order valence-electron chi connectivity index (χ1n) is 12.0. The molecule has 27 heavy (non-hydrogen) atoms. The first-order chi connectivity index (χ1) is 13.0. The van der Waals surface area contributed by atoms with Gasteiger partial charge in [-0.15, -0.1) is 0 Å². The molecule has 3 aliphatic rings. The highest BCUT2D eigenvalue weighted by Gasteiger charge is 2.41. The SMILES string of the molecule is CCCC1CCC(C2CCC(CCC3CCC(C(F)(F)F)CC3)CC2)CC1. The van der Waals surface area contributed by atoms with Crippen molar-refractivity contribution in [3.63, 3.8) is 0 Å². The summed E-state index contributed by atoms with van der Waals surface area (Å²) in [4.78, 5) is 0. The monoisotopic (exact) mass is 386 g/mol. The molecule has 0 N–H and O–H groups in total. The molecule has 0 aromatic carbocycles. The van der Waals surface area contributed by atoms with Crippen LogP contribution in [-0.2, 0) is 0 Å². The molecule has 0 saturated heterocycles. The Morgan fingerprint density at radius 1 is 0.556 bits per heavy atom. The molecule has 0 spiro atoms. The van der Waals surface area contributed by atoms with Crippen LogP contribution in [0.5, 0.6) is 0 Å². The average Bonchev–Trinajstić information content (AvgIpc) is 2.67. The van der Waals surface area contributed by atoms with Gasteiger partial charge in [-0.1, -0.05) is 58.3 Å². The Bertz CT molecular complexity index is 406. The van der Waals surface area contributed by atoms with Crippen LogP contribution in [0.2, 0.25) is 0 Å². The van der Waals surface area contributed by atoms with Crippen molar-refractivity contribution >= 4 is 0 Å². The summed E-state index contributed by atoms with van der Waals surface area (Å²) in [5, 5.41) is 0. The van der Waals surface area contributed by atoms with Gasteiger partial charge in [0.1, 0.15) is 0 Å². The summed E-state index contributed by atoms with van der Waals surface area (Å²) in [7, 11) is 0. The standard InChI is InChI=1S/C24H41F3/c1-2-3-18-6-12-21(13-7-18)22-14-8-19(9-15-22)4-5-20-10-16-23(17-11-20)24(25,26)27/h18-23H,2-17H2,1H3. The molecule has 0 atom stereocenters. The lowest BCUT2D eigenvalue weighted by Gasteiger charge is -2.38. The van der Waals surface area contributed by atoms with Crippen LogP contribution in [-0.4, -0.2) is 6.18 Å². The smallest absolute Gasteiger partial charge is 0.171 e. The molecule has 3 fully saturated rings. The Balaban J connectivity index is 1.29. The molecule has 0 aromatic heterocycles. The molecule has 0 bridgehead atoms. The van der Waals surface area contributed by atoms with Crippen molar-refractivity contribution in [2.75, 3.05) is 0 Å². The summed E-state index contributed by atoms with van der Waals surface area (Å²) >= 11 is 0. The van der Waals surface area contributed by atoms with Crippen LogP contribution < -0.4 is 0 Å². The van der Waals surface area contributed by atoms with Crippen molar-refractivity contribution in [2.24, 2.45) is 35.5 Å². The van der Waals surface area contributed by atoms with Crippen molar-refractivity contribution in [3.05, 3.63) is 0 Å². The van der Waals surface area contributed by atoms with Crippen LogP contribution >= 0.6 is 0 Å². The topological polar surface area (TPSA) is 0 Å². The largest absolute Gasteiger partial charge is 0.391 e. The van der Waals surface area contributed by atoms with E-state index in [1.54, 1.807) is 0 Å². The fourth-order valence-corrected chi connectivity index (χ4v) is 6.55. The van der Waals surface area contributed by atoms with Gasteiger partial charge in [0.25, 0.3) is 0 Å². The fraction of sp³-hybridized carbons (Fsp3) is 1.00. The summed E-state index contributed by atoms with van der Waals surface area (Å²) < 4.78 is 38.4. The molecule has 0 amide bonds. The third kappa shape index (κ3) is 6.39. The number of hydrogen-bond acceptors (Lipinski definition) is 0. The molecule has 0 aliphatic heterocycles. The summed E-state index contributed by atoms with van der Waals surface area (Å²) in [6, 6.07) is 0. The van der Waals surface area contributed by atoms with E-state index in [-0.39, 0.29) is 0 Å². The lowest BCUT2D eigenvalue weighted by Crippen LogP contribution is -2.28. The summed E-state index contributed by atoms with van der Waals surface area (Å²) in [6.45, 7) is 2.31. The normalized spacial score (nSPS) is 38.7. The molecule has 3 saturated carbocycles. The maximum Gasteiger partial charge on any atom is 0.391 e. The minimum atomic E-state index is -3.96. The second kappa shape index (κ2) is 10.0. The fourth-order valence-electron chi connectivity index (χ4n) is 6.55. The van der Waals surface area contributed by atoms with Crippen LogP contribution in [0.25, 0.3) is 0 Å². The van der Waals surface area contributed by atoms with Gasteiger partial charge in [0.2, 0.25) is 0 Å². The van der Waals surface area contributed by atoms with E-state index in [0.29, 0.717) is 18.8 Å². The van der Waals surface area contributed by atoms with Gasteiger partial charge in [0, 0.05) is 0 Å². The number of halogens is 3. The van der Waals surface area contributed by atoms with Gasteiger partial charge in [-0.3, -0.25) is 0 Å². The van der Waals surface area contributed by atoms with Crippen LogP contribution in [0.4, 0.5) is 13.2 Å². The maximum absolute atomic E-state index is 12.8. The Morgan fingerprint density at radius 3 is 1.30 bits per heavy atom. The van der Waals surface area contributed by atoms with Crippen LogP contribution in [0, 0.1) is 35.5 Å². The van der Waals surface area contributed by atoms with Crippen molar-refractivity contribution in [1.29, 1.82) is 0 Å². The lowest BCUT2D eigenvalue weighted by molar-refractivity contribution is -0.184. The van der Waals surface area contributed by atoms with Crippen LogP contribution in [0.3, 0.4) is 0 Å². The van der Waals surface area contributed by atoms with E-state index >= 15 is 0 Å². The minimum Gasteiger partial charge on any atom is -0.171 e. The predicted octanol–water partition coefficient (Wildman–Crippen LogP) is 8.55. The Hall–Kier alpha value is -0.210. The van der Waals surface area contributed by atoms with Gasteiger partial charge in [-0.25, -0.2) is 0 Å². The van der Waals surface area contributed by atoms with E-state index in [1.165, 1.54) is 77.0 Å². The molecule has 3 rings (SSSR count). The summed E-state index contributed by atoms with van der Waals surface area (Å²) in [6.07, 6.45) is 15.2. The van der Waals surface area contributed by atoms with Crippen molar-refractivity contribution in [3.8, 4) is 0 Å². The predicted molar refractivity (Wildman–Crippen MR) is 107 cm³/mol. The first-order valence-corrected chi connectivity index (χ1v) is 12.0. The molecule has 3 heteroatoms. The Morgan fingerprint density at radius 2 is 0.926 bits per heavy atom. The zero-order valence-corrected chi connectivity index (χ0v) is 17.4. The van der Waals surface area contributed by atoms with Gasteiger partial charge in [-0.2, -0.15) is 13.2 Å². The second-order valence-corrected chi connectivity index (χ2v) is 10.2. The van der Waals surface area contributed by atoms with Gasteiger partial charge in [0.15, 0.2) is 0 Å². The zero-order valence-electron chi connectivity index (χ0n) is 17.4. The summed E-state index contributed by atoms with van der Waals surface area (Å²) in [5.74, 6) is 3.39. The van der Waals surface area contributed by atoms with E-state index in [4.69, 9.17) is 0 Å². The second-order valence-electron chi connectivity index (χ2n) is 10.2. The van der Waals surface area contributed by atoms with Gasteiger partial charge in [0.05, 0.1) is 5.92 Å². The molecule has 0 nitrogen and oxygen atoms in total. The molecular formula is C24H41F3. The molecular weight excluding hydrogens is 345 g/mol. The maximum atomic E-state index is 12.8. The van der Waals surface area contributed by atoms with Crippen molar-refractivity contribution < 1.29 is 13.2 Å². The molecule has 0 aromatic rings. The molecule has 0 unspecified atom stereocenters. The highest BCUT2D eigenvalue weighted by Crippen LogP contribution is 2.44. The van der Waals surface area contributed by atoms with Crippen molar-refractivity contribution in [2.45, 2.75) is 116 Å². The molecule has 0 radical (unpaired) electrons. The van der Waals surface area contributed by atoms with E-state index < -0.39 is 12.1 Å².